The van der Waals surface area contributed by atoms with E-state index >= 15 is 0 Å². The van der Waals surface area contributed by atoms with Gasteiger partial charge < -0.3 is 53.1 Å². The van der Waals surface area contributed by atoms with E-state index < -0.39 is 11.9 Å². The van der Waals surface area contributed by atoms with Crippen LogP contribution in [-0.4, -0.2) is 102 Å². The van der Waals surface area contributed by atoms with Crippen LogP contribution < -0.4 is 34.6 Å². The van der Waals surface area contributed by atoms with Gasteiger partial charge in [-0.1, -0.05) is 48.5 Å². The molecule has 0 aliphatic carbocycles. The van der Waals surface area contributed by atoms with Gasteiger partial charge in [-0.25, -0.2) is 9.59 Å². The summed E-state index contributed by atoms with van der Waals surface area (Å²) < 4.78 is 12.2. The maximum absolute atomic E-state index is 12.7. The van der Waals surface area contributed by atoms with Crippen LogP contribution in [0.3, 0.4) is 0 Å². The molecular formula is C44H58Cl2N6O4. The van der Waals surface area contributed by atoms with E-state index in [2.05, 4.69) is 90.0 Å². The molecule has 0 saturated carbocycles. The molecule has 0 amide bonds. The molecule has 0 fully saturated rings. The van der Waals surface area contributed by atoms with Crippen LogP contribution >= 0.6 is 0 Å². The molecule has 0 atom stereocenters. The van der Waals surface area contributed by atoms with Crippen molar-refractivity contribution in [2.45, 2.75) is 40.8 Å². The molecule has 0 bridgehead atoms. The molecule has 0 N–H and O–H groups in total. The van der Waals surface area contributed by atoms with E-state index in [1.807, 2.05) is 60.7 Å². The molecule has 0 radical (unpaired) electrons. The second-order valence-electron chi connectivity index (χ2n) is 14.6. The first kappa shape index (κ1) is 49.2. The molecule has 0 heterocycles. The third kappa shape index (κ3) is 15.7. The summed E-state index contributed by atoms with van der Waals surface area (Å²) in [4.78, 5) is 29.9. The molecule has 0 aromatic heterocycles. The summed E-state index contributed by atoms with van der Waals surface area (Å²) in [6.45, 7) is 15.1. The van der Waals surface area contributed by atoms with Gasteiger partial charge in [-0.05, 0) is 75.2 Å². The molecule has 10 nitrogen and oxygen atoms in total. The number of hydrogen-bond acceptors (Lipinski definition) is 8. The highest BCUT2D eigenvalue weighted by Crippen LogP contribution is 2.19. The summed E-state index contributed by atoms with van der Waals surface area (Å²) in [5.41, 5.74) is 5.99. The summed E-state index contributed by atoms with van der Waals surface area (Å²) in [5, 5.41) is 19.3. The van der Waals surface area contributed by atoms with Gasteiger partial charge in [0.25, 0.3) is 0 Å². The molecule has 302 valence electrons. The van der Waals surface area contributed by atoms with Crippen LogP contribution in [-0.2, 0) is 32.2 Å². The number of carbonyl (C=O) groups is 2. The molecular weight excluding hydrogens is 747 g/mol. The van der Waals surface area contributed by atoms with Crippen molar-refractivity contribution >= 4 is 35.5 Å². The second kappa shape index (κ2) is 23.9. The number of likely N-dealkylation sites (N-methyl/N-ethyl adjacent to an activating group) is 2. The molecule has 3 rings (SSSR count). The number of rotatable bonds is 20. The van der Waals surface area contributed by atoms with Crippen molar-refractivity contribution in [1.29, 1.82) is 10.5 Å². The zero-order chi connectivity index (χ0) is 39.7. The predicted octanol–water partition coefficient (Wildman–Crippen LogP) is 0.841. The van der Waals surface area contributed by atoms with E-state index in [-0.39, 0.29) is 49.2 Å². The maximum atomic E-state index is 12.7. The topological polar surface area (TPSA) is 107 Å². The van der Waals surface area contributed by atoms with Gasteiger partial charge in [0.05, 0.1) is 28.2 Å². The molecule has 56 heavy (non-hydrogen) atoms. The van der Waals surface area contributed by atoms with Crippen molar-refractivity contribution in [1.82, 2.24) is 0 Å². The van der Waals surface area contributed by atoms with Crippen LogP contribution in [0.5, 0.6) is 0 Å². The molecule has 0 spiro atoms. The summed E-state index contributed by atoms with van der Waals surface area (Å²) in [5.74, 6) is -1.24. The SMILES string of the molecule is CCN(CC)c1ccc(C=C(C#N)C(=O)OCC[N+](C)(C)Cc2ccc(C[N+](C)(C)CCOC(=O)C(C#N)=Cc3ccc(N(CC)CC)cc3)cc2)cc1.[Cl-].[Cl-]. The largest absolute Gasteiger partial charge is 1.00 e. The lowest BCUT2D eigenvalue weighted by molar-refractivity contribution is -0.904. The number of quaternary nitrogens is 2. The molecule has 0 aliphatic heterocycles. The summed E-state index contributed by atoms with van der Waals surface area (Å²) in [7, 11) is 8.32. The van der Waals surface area contributed by atoms with E-state index in [1.54, 1.807) is 12.2 Å². The Balaban J connectivity index is 0.00000784. The lowest BCUT2D eigenvalue weighted by Gasteiger charge is -2.30. The number of benzene rings is 3. The Morgan fingerprint density at radius 2 is 0.875 bits per heavy atom. The molecule has 3 aromatic rings. The Hall–Kier alpha value is -4.84. The number of esters is 2. The Kier molecular flexibility index (Phi) is 21.0. The Morgan fingerprint density at radius 3 is 1.14 bits per heavy atom. The molecule has 0 aliphatic rings. The number of anilines is 2. The predicted molar refractivity (Wildman–Crippen MR) is 217 cm³/mol. The first-order valence-corrected chi connectivity index (χ1v) is 18.8. The molecule has 0 saturated heterocycles. The number of nitrogens with zero attached hydrogens (tertiary/aromatic N) is 6. The highest BCUT2D eigenvalue weighted by molar-refractivity contribution is 5.98. The minimum Gasteiger partial charge on any atom is -1.00 e. The van der Waals surface area contributed by atoms with E-state index in [4.69, 9.17) is 9.47 Å². The maximum Gasteiger partial charge on any atom is 0.349 e. The second-order valence-corrected chi connectivity index (χ2v) is 14.6. The fourth-order valence-corrected chi connectivity index (χ4v) is 6.17. The summed E-state index contributed by atoms with van der Waals surface area (Å²) in [6, 6.07) is 28.0. The number of nitriles is 2. The van der Waals surface area contributed by atoms with Crippen LogP contribution in [0.2, 0.25) is 0 Å². The number of halogens is 2. The van der Waals surface area contributed by atoms with Gasteiger partial charge in [0.15, 0.2) is 0 Å². The van der Waals surface area contributed by atoms with Crippen molar-refractivity contribution in [3.05, 3.63) is 106 Å². The van der Waals surface area contributed by atoms with E-state index in [0.29, 0.717) is 22.1 Å². The summed E-state index contributed by atoms with van der Waals surface area (Å²) >= 11 is 0. The Labute approximate surface area is 347 Å². The smallest absolute Gasteiger partial charge is 0.349 e. The van der Waals surface area contributed by atoms with Crippen LogP contribution in [0.25, 0.3) is 12.2 Å². The minimum atomic E-state index is -0.621. The molecule has 0 unspecified atom stereocenters. The van der Waals surface area contributed by atoms with Crippen molar-refractivity contribution < 1.29 is 52.8 Å². The van der Waals surface area contributed by atoms with Gasteiger partial charge in [0.2, 0.25) is 0 Å². The number of hydrogen-bond donors (Lipinski definition) is 0. The quantitative estimate of drug-likeness (QED) is 0.0717. The van der Waals surface area contributed by atoms with Gasteiger partial charge in [0.1, 0.15) is 62.7 Å². The number of ether oxygens (including phenoxy) is 2. The number of carbonyl (C=O) groups excluding carboxylic acids is 2. The van der Waals surface area contributed by atoms with E-state index in [0.717, 1.165) is 72.9 Å². The third-order valence-corrected chi connectivity index (χ3v) is 9.45. The van der Waals surface area contributed by atoms with Gasteiger partial charge >= 0.3 is 11.9 Å². The Morgan fingerprint density at radius 1 is 0.571 bits per heavy atom. The van der Waals surface area contributed by atoms with Crippen LogP contribution in [0, 0.1) is 22.7 Å². The lowest BCUT2D eigenvalue weighted by Crippen LogP contribution is -3.00. The Bertz CT molecular complexity index is 1680. The molecule has 12 heteroatoms. The normalized spacial score (nSPS) is 11.6. The van der Waals surface area contributed by atoms with Gasteiger partial charge in [-0.15, -0.1) is 0 Å². The van der Waals surface area contributed by atoms with Crippen LogP contribution in [0.4, 0.5) is 11.4 Å². The fourth-order valence-electron chi connectivity index (χ4n) is 6.17. The lowest BCUT2D eigenvalue weighted by atomic mass is 10.1. The first-order chi connectivity index (χ1) is 25.8. The van der Waals surface area contributed by atoms with Gasteiger partial charge in [-0.3, -0.25) is 0 Å². The van der Waals surface area contributed by atoms with Crippen LogP contribution in [0.1, 0.15) is 49.9 Å². The van der Waals surface area contributed by atoms with Gasteiger partial charge in [0, 0.05) is 48.7 Å². The zero-order valence-corrected chi connectivity index (χ0v) is 35.7. The monoisotopic (exact) mass is 804 g/mol. The summed E-state index contributed by atoms with van der Waals surface area (Å²) in [6.07, 6.45) is 3.14. The highest BCUT2D eigenvalue weighted by Gasteiger charge is 2.21. The fraction of sp³-hybridized carbons (Fsp3) is 0.409. The van der Waals surface area contributed by atoms with E-state index in [1.165, 1.54) is 0 Å². The van der Waals surface area contributed by atoms with Crippen LogP contribution in [0.15, 0.2) is 83.9 Å². The first-order valence-electron chi connectivity index (χ1n) is 18.8. The minimum absolute atomic E-state index is 0. The average molecular weight is 806 g/mol. The zero-order valence-electron chi connectivity index (χ0n) is 34.2. The van der Waals surface area contributed by atoms with Crippen molar-refractivity contribution in [3.63, 3.8) is 0 Å². The highest BCUT2D eigenvalue weighted by atomic mass is 35.5. The van der Waals surface area contributed by atoms with Crippen molar-refractivity contribution in [3.8, 4) is 12.1 Å². The third-order valence-electron chi connectivity index (χ3n) is 9.45. The van der Waals surface area contributed by atoms with Crippen molar-refractivity contribution in [2.75, 3.05) is 90.5 Å². The molecule has 3 aromatic carbocycles. The van der Waals surface area contributed by atoms with Crippen molar-refractivity contribution in [2.24, 2.45) is 0 Å². The average Bonchev–Trinajstić information content (AvgIpc) is 3.15. The standard InChI is InChI=1S/C44H58N6O4.2ClH/c1-9-47(10-2)41-21-17-35(18-22-41)29-39(31-45)43(51)53-27-25-49(5,6)33-37-13-15-38(16-14-37)34-50(7,8)26-28-54-44(52)40(32-46)30-36-19-23-42(24-20-36)48(11-3)12-4;;/h13-24,29-30H,9-12,25-28,33-34H2,1-8H3;2*1H/q+2;;/p-2. The van der Waals surface area contributed by atoms with E-state index in [9.17, 15) is 20.1 Å². The van der Waals surface area contributed by atoms with Gasteiger partial charge in [-0.2, -0.15) is 10.5 Å².